The van der Waals surface area contributed by atoms with Crippen LogP contribution in [0.4, 0.5) is 0 Å². The molecule has 1 atom stereocenters. The molecule has 0 spiro atoms. The number of nitrogens with zero attached hydrogens (tertiary/aromatic N) is 1. The first-order chi connectivity index (χ1) is 8.65. The van der Waals surface area contributed by atoms with Crippen molar-refractivity contribution in [3.63, 3.8) is 0 Å². The van der Waals surface area contributed by atoms with Crippen LogP contribution in [0.2, 0.25) is 0 Å². The average Bonchev–Trinajstić information content (AvgIpc) is 2.80. The molecule has 2 aromatic rings. The molecule has 1 aromatic carbocycles. The van der Waals surface area contributed by atoms with Crippen molar-refractivity contribution < 1.29 is 4.74 Å². The van der Waals surface area contributed by atoms with Gasteiger partial charge in [0.05, 0.1) is 0 Å². The van der Waals surface area contributed by atoms with E-state index in [-0.39, 0.29) is 6.04 Å². The highest BCUT2D eigenvalue weighted by Gasteiger charge is 2.07. The Hall–Kier alpha value is -1.39. The average molecular weight is 262 g/mol. The molecule has 0 aliphatic carbocycles. The van der Waals surface area contributed by atoms with Crippen LogP contribution < -0.4 is 10.5 Å². The van der Waals surface area contributed by atoms with Crippen molar-refractivity contribution in [2.24, 2.45) is 5.73 Å². The minimum atomic E-state index is 0.133. The molecule has 1 aromatic heterocycles. The zero-order valence-corrected chi connectivity index (χ0v) is 11.5. The number of rotatable bonds is 5. The Kier molecular flexibility index (Phi) is 4.33. The molecule has 2 rings (SSSR count). The predicted octanol–water partition coefficient (Wildman–Crippen LogP) is 2.92. The van der Waals surface area contributed by atoms with E-state index in [0.29, 0.717) is 6.61 Å². The lowest BCUT2D eigenvalue weighted by Crippen LogP contribution is -2.18. The Labute approximate surface area is 112 Å². The van der Waals surface area contributed by atoms with Crippen LogP contribution >= 0.6 is 11.3 Å². The van der Waals surface area contributed by atoms with Crippen LogP contribution in [0.5, 0.6) is 5.75 Å². The molecule has 96 valence electrons. The van der Waals surface area contributed by atoms with Gasteiger partial charge in [0, 0.05) is 17.6 Å². The lowest BCUT2D eigenvalue weighted by molar-refractivity contribution is 0.301. The maximum Gasteiger partial charge on any atom is 0.140 e. The van der Waals surface area contributed by atoms with Gasteiger partial charge in [0.25, 0.3) is 0 Å². The molecule has 0 saturated carbocycles. The molecule has 0 fully saturated rings. The summed E-state index contributed by atoms with van der Waals surface area (Å²) < 4.78 is 5.83. The molecule has 18 heavy (non-hydrogen) atoms. The van der Waals surface area contributed by atoms with Crippen LogP contribution in [0.1, 0.15) is 23.1 Å². The first-order valence-corrected chi connectivity index (χ1v) is 6.89. The smallest absolute Gasteiger partial charge is 0.140 e. The Morgan fingerprint density at radius 1 is 1.44 bits per heavy atom. The van der Waals surface area contributed by atoms with Crippen molar-refractivity contribution >= 4 is 11.3 Å². The molecule has 1 heterocycles. The van der Waals surface area contributed by atoms with E-state index < -0.39 is 0 Å². The molecule has 0 aliphatic heterocycles. The van der Waals surface area contributed by atoms with E-state index in [1.807, 2.05) is 18.4 Å². The molecule has 1 unspecified atom stereocenters. The molecular weight excluding hydrogens is 244 g/mol. The minimum Gasteiger partial charge on any atom is -0.486 e. The van der Waals surface area contributed by atoms with Gasteiger partial charge >= 0.3 is 0 Å². The third-order valence-electron chi connectivity index (χ3n) is 2.59. The number of benzene rings is 1. The molecular formula is C14H18N2OS. The van der Waals surface area contributed by atoms with Crippen LogP contribution in [0.15, 0.2) is 29.8 Å². The maximum atomic E-state index is 5.87. The highest BCUT2D eigenvalue weighted by molar-refractivity contribution is 7.09. The summed E-state index contributed by atoms with van der Waals surface area (Å²) in [5, 5.41) is 2.94. The fourth-order valence-corrected chi connectivity index (χ4v) is 2.35. The number of nitrogens with two attached hydrogens (primary N) is 1. The first-order valence-electron chi connectivity index (χ1n) is 6.01. The Morgan fingerprint density at radius 2 is 2.28 bits per heavy atom. The Bertz CT molecular complexity index is 495. The number of hydrogen-bond donors (Lipinski definition) is 1. The third kappa shape index (κ3) is 3.55. The van der Waals surface area contributed by atoms with Crippen LogP contribution in [-0.4, -0.2) is 11.0 Å². The molecule has 0 amide bonds. The van der Waals surface area contributed by atoms with Crippen molar-refractivity contribution in [2.45, 2.75) is 32.9 Å². The van der Waals surface area contributed by atoms with Gasteiger partial charge in [-0.05, 0) is 31.9 Å². The number of thiazole rings is 1. The fourth-order valence-electron chi connectivity index (χ4n) is 1.82. The van der Waals surface area contributed by atoms with Gasteiger partial charge in [-0.3, -0.25) is 0 Å². The third-order valence-corrected chi connectivity index (χ3v) is 3.35. The van der Waals surface area contributed by atoms with Gasteiger partial charge < -0.3 is 10.5 Å². The highest BCUT2D eigenvalue weighted by atomic mass is 32.1. The monoisotopic (exact) mass is 262 g/mol. The first kappa shape index (κ1) is 13.1. The van der Waals surface area contributed by atoms with Gasteiger partial charge in [0.1, 0.15) is 17.4 Å². The van der Waals surface area contributed by atoms with Crippen molar-refractivity contribution in [2.75, 3.05) is 0 Å². The van der Waals surface area contributed by atoms with E-state index in [1.54, 1.807) is 17.5 Å². The summed E-state index contributed by atoms with van der Waals surface area (Å²) in [6.45, 7) is 4.61. The molecule has 4 heteroatoms. The Morgan fingerprint density at radius 3 is 2.94 bits per heavy atom. The Balaban J connectivity index is 2.10. The summed E-state index contributed by atoms with van der Waals surface area (Å²) in [5.74, 6) is 0.910. The van der Waals surface area contributed by atoms with E-state index >= 15 is 0 Å². The van der Waals surface area contributed by atoms with Gasteiger partial charge in [-0.1, -0.05) is 17.7 Å². The maximum absolute atomic E-state index is 5.87. The molecule has 0 aliphatic rings. The molecule has 2 N–H and O–H groups in total. The van der Waals surface area contributed by atoms with Crippen LogP contribution in [0.3, 0.4) is 0 Å². The summed E-state index contributed by atoms with van der Waals surface area (Å²) in [6.07, 6.45) is 2.62. The molecule has 0 bridgehead atoms. The van der Waals surface area contributed by atoms with E-state index in [1.165, 1.54) is 11.1 Å². The van der Waals surface area contributed by atoms with Crippen LogP contribution in [0.25, 0.3) is 0 Å². The topological polar surface area (TPSA) is 48.1 Å². The van der Waals surface area contributed by atoms with E-state index in [9.17, 15) is 0 Å². The van der Waals surface area contributed by atoms with E-state index in [0.717, 1.165) is 17.2 Å². The summed E-state index contributed by atoms with van der Waals surface area (Å²) in [4.78, 5) is 4.21. The molecule has 3 nitrogen and oxygen atoms in total. The second-order valence-corrected chi connectivity index (χ2v) is 5.49. The van der Waals surface area contributed by atoms with Crippen LogP contribution in [0, 0.1) is 6.92 Å². The quantitative estimate of drug-likeness (QED) is 0.901. The zero-order chi connectivity index (χ0) is 13.0. The highest BCUT2D eigenvalue weighted by Crippen LogP contribution is 2.22. The van der Waals surface area contributed by atoms with E-state index in [4.69, 9.17) is 10.5 Å². The minimum absolute atomic E-state index is 0.133. The largest absolute Gasteiger partial charge is 0.486 e. The molecule has 0 saturated heterocycles. The zero-order valence-electron chi connectivity index (χ0n) is 10.7. The predicted molar refractivity (Wildman–Crippen MR) is 75.0 cm³/mol. The molecule has 0 radical (unpaired) electrons. The van der Waals surface area contributed by atoms with Crippen molar-refractivity contribution in [3.05, 3.63) is 45.9 Å². The number of ether oxygens (including phenoxy) is 1. The van der Waals surface area contributed by atoms with Gasteiger partial charge in [0.2, 0.25) is 0 Å². The summed E-state index contributed by atoms with van der Waals surface area (Å²) in [5.41, 5.74) is 8.27. The second-order valence-electron chi connectivity index (χ2n) is 4.51. The number of aryl methyl sites for hydroxylation is 1. The van der Waals surface area contributed by atoms with Gasteiger partial charge in [0.15, 0.2) is 0 Å². The fraction of sp³-hybridized carbons (Fsp3) is 0.357. The standard InChI is InChI=1S/C14H18N2OS/c1-10-3-4-13(12(7-10)8-11(2)15)17-9-14-16-5-6-18-14/h3-7,11H,8-9,15H2,1-2H3. The van der Waals surface area contributed by atoms with Crippen molar-refractivity contribution in [1.82, 2.24) is 4.98 Å². The summed E-state index contributed by atoms with van der Waals surface area (Å²) in [6, 6.07) is 6.34. The normalized spacial score (nSPS) is 12.4. The van der Waals surface area contributed by atoms with Crippen molar-refractivity contribution in [1.29, 1.82) is 0 Å². The SMILES string of the molecule is Cc1ccc(OCc2nccs2)c(CC(C)N)c1. The van der Waals surface area contributed by atoms with Gasteiger partial charge in [-0.15, -0.1) is 11.3 Å². The van der Waals surface area contributed by atoms with Crippen molar-refractivity contribution in [3.8, 4) is 5.75 Å². The number of aromatic nitrogens is 1. The van der Waals surface area contributed by atoms with Gasteiger partial charge in [-0.2, -0.15) is 0 Å². The lowest BCUT2D eigenvalue weighted by atomic mass is 10.0. The van der Waals surface area contributed by atoms with Gasteiger partial charge in [-0.25, -0.2) is 4.98 Å². The number of hydrogen-bond acceptors (Lipinski definition) is 4. The summed E-state index contributed by atoms with van der Waals surface area (Å²) >= 11 is 1.60. The summed E-state index contributed by atoms with van der Waals surface area (Å²) in [7, 11) is 0. The van der Waals surface area contributed by atoms with E-state index in [2.05, 4.69) is 24.0 Å². The van der Waals surface area contributed by atoms with Crippen LogP contribution in [-0.2, 0) is 13.0 Å². The lowest BCUT2D eigenvalue weighted by Gasteiger charge is -2.13. The second kappa shape index (κ2) is 5.98.